The summed E-state index contributed by atoms with van der Waals surface area (Å²) in [5.74, 6) is 0.845. The van der Waals surface area contributed by atoms with Gasteiger partial charge in [-0.1, -0.05) is 39.5 Å². The van der Waals surface area contributed by atoms with Crippen LogP contribution < -0.4 is 16.0 Å². The Balaban J connectivity index is 1.59. The van der Waals surface area contributed by atoms with Crippen molar-refractivity contribution in [2.75, 3.05) is 32.7 Å². The summed E-state index contributed by atoms with van der Waals surface area (Å²) in [5, 5.41) is 9.62. The molecule has 1 heterocycles. The highest BCUT2D eigenvalue weighted by Crippen LogP contribution is 2.20. The van der Waals surface area contributed by atoms with Crippen LogP contribution in [-0.4, -0.2) is 55.6 Å². The lowest BCUT2D eigenvalue weighted by molar-refractivity contribution is -0.122. The van der Waals surface area contributed by atoms with Crippen molar-refractivity contribution < 1.29 is 9.59 Å². The predicted octanol–water partition coefficient (Wildman–Crippen LogP) is 2.88. The normalized spacial score (nSPS) is 21.7. The first-order valence-corrected chi connectivity index (χ1v) is 11.1. The zero-order valence-electron chi connectivity index (χ0n) is 17.4. The number of amides is 3. The van der Waals surface area contributed by atoms with Crippen molar-refractivity contribution in [3.05, 3.63) is 0 Å². The summed E-state index contributed by atoms with van der Waals surface area (Å²) in [6.07, 6.45) is 10.5. The Bertz CT molecular complexity index is 447. The molecule has 6 heteroatoms. The van der Waals surface area contributed by atoms with Gasteiger partial charge in [-0.15, -0.1) is 0 Å². The topological polar surface area (TPSA) is 73.5 Å². The lowest BCUT2D eigenvalue weighted by Gasteiger charge is -2.32. The van der Waals surface area contributed by atoms with Crippen LogP contribution in [0.5, 0.6) is 0 Å². The first kappa shape index (κ1) is 22.0. The van der Waals surface area contributed by atoms with Crippen molar-refractivity contribution in [2.45, 2.75) is 77.7 Å². The SMILES string of the molecule is CC(C)CNC(=O)N1CCCC(CC(=O)NCCNC2CCCCCC2)C1. The van der Waals surface area contributed by atoms with E-state index >= 15 is 0 Å². The molecule has 1 aliphatic heterocycles. The molecule has 1 saturated heterocycles. The molecule has 1 saturated carbocycles. The highest BCUT2D eigenvalue weighted by Gasteiger charge is 2.25. The van der Waals surface area contributed by atoms with E-state index in [1.54, 1.807) is 0 Å². The molecule has 0 bridgehead atoms. The Morgan fingerprint density at radius 3 is 2.41 bits per heavy atom. The van der Waals surface area contributed by atoms with Gasteiger partial charge in [0, 0.05) is 45.2 Å². The minimum absolute atomic E-state index is 0.0152. The van der Waals surface area contributed by atoms with Crippen molar-refractivity contribution >= 4 is 11.9 Å². The fourth-order valence-electron chi connectivity index (χ4n) is 4.12. The summed E-state index contributed by atoms with van der Waals surface area (Å²) in [4.78, 5) is 26.3. The monoisotopic (exact) mass is 380 g/mol. The summed E-state index contributed by atoms with van der Waals surface area (Å²) in [6.45, 7) is 7.92. The van der Waals surface area contributed by atoms with Crippen LogP contribution in [0.2, 0.25) is 0 Å². The fourth-order valence-corrected chi connectivity index (χ4v) is 4.12. The van der Waals surface area contributed by atoms with E-state index in [2.05, 4.69) is 29.8 Å². The largest absolute Gasteiger partial charge is 0.355 e. The number of piperidine rings is 1. The Morgan fingerprint density at radius 2 is 1.70 bits per heavy atom. The molecule has 6 nitrogen and oxygen atoms in total. The summed E-state index contributed by atoms with van der Waals surface area (Å²) in [6, 6.07) is 0.641. The van der Waals surface area contributed by atoms with E-state index in [9.17, 15) is 9.59 Å². The van der Waals surface area contributed by atoms with Crippen molar-refractivity contribution in [2.24, 2.45) is 11.8 Å². The van der Waals surface area contributed by atoms with Crippen LogP contribution in [0.4, 0.5) is 4.79 Å². The molecule has 2 aliphatic rings. The number of carbonyl (C=O) groups is 2. The van der Waals surface area contributed by atoms with Gasteiger partial charge in [0.15, 0.2) is 0 Å². The third-order valence-electron chi connectivity index (χ3n) is 5.68. The number of carbonyl (C=O) groups excluding carboxylic acids is 2. The fraction of sp³-hybridized carbons (Fsp3) is 0.905. The molecule has 0 spiro atoms. The number of urea groups is 1. The summed E-state index contributed by atoms with van der Waals surface area (Å²) in [5.41, 5.74) is 0. The molecule has 27 heavy (non-hydrogen) atoms. The van der Waals surface area contributed by atoms with Gasteiger partial charge in [0.05, 0.1) is 0 Å². The second-order valence-corrected chi connectivity index (χ2v) is 8.73. The number of nitrogens with zero attached hydrogens (tertiary/aromatic N) is 1. The molecule has 2 rings (SSSR count). The molecule has 0 aromatic carbocycles. The van der Waals surface area contributed by atoms with E-state index in [4.69, 9.17) is 0 Å². The number of hydrogen-bond acceptors (Lipinski definition) is 3. The quantitative estimate of drug-likeness (QED) is 0.448. The van der Waals surface area contributed by atoms with Crippen LogP contribution in [0.3, 0.4) is 0 Å². The van der Waals surface area contributed by atoms with Crippen molar-refractivity contribution in [3.63, 3.8) is 0 Å². The van der Waals surface area contributed by atoms with Crippen LogP contribution in [0.25, 0.3) is 0 Å². The Kier molecular flexibility index (Phi) is 9.95. The average molecular weight is 381 g/mol. The minimum atomic E-state index is 0.0152. The van der Waals surface area contributed by atoms with Crippen molar-refractivity contribution in [3.8, 4) is 0 Å². The minimum Gasteiger partial charge on any atom is -0.355 e. The molecule has 0 aromatic heterocycles. The van der Waals surface area contributed by atoms with Crippen LogP contribution in [-0.2, 0) is 4.79 Å². The molecule has 1 aliphatic carbocycles. The summed E-state index contributed by atoms with van der Waals surface area (Å²) >= 11 is 0. The molecule has 1 unspecified atom stereocenters. The van der Waals surface area contributed by atoms with E-state index in [1.807, 2.05) is 4.90 Å². The smallest absolute Gasteiger partial charge is 0.317 e. The lowest BCUT2D eigenvalue weighted by atomic mass is 9.94. The first-order valence-electron chi connectivity index (χ1n) is 11.1. The highest BCUT2D eigenvalue weighted by atomic mass is 16.2. The standard InChI is InChI=1S/C21H40N4O2/c1-17(2)15-24-21(27)25-13-7-8-18(16-25)14-20(26)23-12-11-22-19-9-5-3-4-6-10-19/h17-19,22H,3-16H2,1-2H3,(H,23,26)(H,24,27). The Labute approximate surface area is 165 Å². The predicted molar refractivity (Wildman–Crippen MR) is 110 cm³/mol. The van der Waals surface area contributed by atoms with Gasteiger partial charge in [-0.25, -0.2) is 4.79 Å². The van der Waals surface area contributed by atoms with Gasteiger partial charge in [-0.05, 0) is 37.5 Å². The van der Waals surface area contributed by atoms with E-state index in [0.29, 0.717) is 38.0 Å². The van der Waals surface area contributed by atoms with E-state index in [-0.39, 0.29) is 17.9 Å². The number of hydrogen-bond donors (Lipinski definition) is 3. The Hall–Kier alpha value is -1.30. The van der Waals surface area contributed by atoms with Gasteiger partial charge in [-0.2, -0.15) is 0 Å². The van der Waals surface area contributed by atoms with Crippen molar-refractivity contribution in [1.82, 2.24) is 20.9 Å². The zero-order chi connectivity index (χ0) is 19.5. The summed E-state index contributed by atoms with van der Waals surface area (Å²) < 4.78 is 0. The van der Waals surface area contributed by atoms with Gasteiger partial charge in [-0.3, -0.25) is 4.79 Å². The van der Waals surface area contributed by atoms with E-state index in [0.717, 1.165) is 25.9 Å². The zero-order valence-corrected chi connectivity index (χ0v) is 17.4. The second-order valence-electron chi connectivity index (χ2n) is 8.73. The van der Waals surface area contributed by atoms with Crippen LogP contribution in [0.15, 0.2) is 0 Å². The molecule has 0 radical (unpaired) electrons. The van der Waals surface area contributed by atoms with Crippen LogP contribution in [0, 0.1) is 11.8 Å². The third kappa shape index (κ3) is 8.96. The maximum atomic E-state index is 12.3. The highest BCUT2D eigenvalue weighted by molar-refractivity contribution is 5.77. The second kappa shape index (κ2) is 12.2. The molecule has 3 N–H and O–H groups in total. The Morgan fingerprint density at radius 1 is 0.963 bits per heavy atom. The molecular weight excluding hydrogens is 340 g/mol. The van der Waals surface area contributed by atoms with Gasteiger partial charge in [0.1, 0.15) is 0 Å². The number of nitrogens with one attached hydrogen (secondary N) is 3. The number of likely N-dealkylation sites (tertiary alicyclic amines) is 1. The van der Waals surface area contributed by atoms with Gasteiger partial charge in [0.2, 0.25) is 5.91 Å². The van der Waals surface area contributed by atoms with Gasteiger partial charge < -0.3 is 20.9 Å². The maximum absolute atomic E-state index is 12.3. The molecule has 0 aromatic rings. The van der Waals surface area contributed by atoms with Gasteiger partial charge in [0.25, 0.3) is 0 Å². The lowest BCUT2D eigenvalue weighted by Crippen LogP contribution is -2.47. The number of rotatable bonds is 8. The molecule has 3 amide bonds. The maximum Gasteiger partial charge on any atom is 0.317 e. The third-order valence-corrected chi connectivity index (χ3v) is 5.68. The van der Waals surface area contributed by atoms with E-state index < -0.39 is 0 Å². The molecule has 2 fully saturated rings. The van der Waals surface area contributed by atoms with E-state index in [1.165, 1.54) is 38.5 Å². The average Bonchev–Trinajstić information content (AvgIpc) is 2.92. The van der Waals surface area contributed by atoms with Crippen LogP contribution in [0.1, 0.15) is 71.6 Å². The molecule has 1 atom stereocenters. The van der Waals surface area contributed by atoms with Gasteiger partial charge >= 0.3 is 6.03 Å². The first-order chi connectivity index (χ1) is 13.0. The van der Waals surface area contributed by atoms with Crippen molar-refractivity contribution in [1.29, 1.82) is 0 Å². The molecule has 156 valence electrons. The molecular formula is C21H40N4O2. The van der Waals surface area contributed by atoms with Crippen LogP contribution >= 0.6 is 0 Å². The summed E-state index contributed by atoms with van der Waals surface area (Å²) in [7, 11) is 0.